The second-order valence-corrected chi connectivity index (χ2v) is 2.88. The predicted molar refractivity (Wildman–Crippen MR) is 46.8 cm³/mol. The molecular weight excluding hydrogens is 120 g/mol. The topological polar surface area (TPSA) is 0 Å². The molecule has 0 aliphatic rings. The van der Waals surface area contributed by atoms with Gasteiger partial charge in [0.1, 0.15) is 0 Å². The maximum atomic E-state index is 5.30. The van der Waals surface area contributed by atoms with Gasteiger partial charge < -0.3 is 0 Å². The summed E-state index contributed by atoms with van der Waals surface area (Å²) in [7, 11) is 0. The molecule has 0 rings (SSSR count). The van der Waals surface area contributed by atoms with Gasteiger partial charge in [0.25, 0.3) is 0 Å². The van der Waals surface area contributed by atoms with Crippen molar-refractivity contribution in [2.24, 2.45) is 5.92 Å². The van der Waals surface area contributed by atoms with Crippen molar-refractivity contribution in [2.75, 3.05) is 0 Å². The molecular formula is C10H19. The Balaban J connectivity index is 3.29. The van der Waals surface area contributed by atoms with Crippen molar-refractivity contribution in [3.8, 4) is 0 Å². The second kappa shape index (κ2) is 6.85. The summed E-state index contributed by atoms with van der Waals surface area (Å²) in [6.45, 7) is 9.81. The van der Waals surface area contributed by atoms with Crippen LogP contribution in [0, 0.1) is 12.5 Å². The standard InChI is InChI=1S/C10H19/c1-4-7-9-10(6-3)8-5-2/h1,4,10H,5-9H2,2-3H3. The van der Waals surface area contributed by atoms with Crippen molar-refractivity contribution in [2.45, 2.75) is 46.0 Å². The molecule has 0 saturated heterocycles. The molecule has 59 valence electrons. The molecule has 0 aromatic heterocycles. The van der Waals surface area contributed by atoms with Gasteiger partial charge in [-0.2, -0.15) is 0 Å². The summed E-state index contributed by atoms with van der Waals surface area (Å²) in [5.74, 6) is 0.907. The minimum atomic E-state index is 0.907. The van der Waals surface area contributed by atoms with E-state index < -0.39 is 0 Å². The Hall–Kier alpha value is -0.260. The van der Waals surface area contributed by atoms with Gasteiger partial charge in [-0.1, -0.05) is 45.8 Å². The zero-order valence-corrected chi connectivity index (χ0v) is 7.27. The first kappa shape index (κ1) is 9.74. The van der Waals surface area contributed by atoms with Crippen molar-refractivity contribution in [3.63, 3.8) is 0 Å². The monoisotopic (exact) mass is 139 g/mol. The molecule has 0 saturated carbocycles. The third-order valence-electron chi connectivity index (χ3n) is 2.02. The normalized spacial score (nSPS) is 13.0. The van der Waals surface area contributed by atoms with Crippen LogP contribution < -0.4 is 0 Å². The molecule has 0 amide bonds. The highest BCUT2D eigenvalue weighted by Crippen LogP contribution is 2.16. The molecule has 0 fully saturated rings. The fraction of sp³-hybridized carbons (Fsp3) is 0.800. The number of rotatable bonds is 6. The van der Waals surface area contributed by atoms with Gasteiger partial charge in [-0.15, -0.1) is 0 Å². The molecule has 0 aliphatic heterocycles. The largest absolute Gasteiger partial charge is 0.0845 e. The highest BCUT2D eigenvalue weighted by Gasteiger charge is 2.01. The Morgan fingerprint density at radius 3 is 2.40 bits per heavy atom. The van der Waals surface area contributed by atoms with Gasteiger partial charge in [0.2, 0.25) is 0 Å². The lowest BCUT2D eigenvalue weighted by molar-refractivity contribution is 0.436. The lowest BCUT2D eigenvalue weighted by Gasteiger charge is -2.10. The van der Waals surface area contributed by atoms with Crippen molar-refractivity contribution < 1.29 is 0 Å². The Bertz CT molecular complexity index is 74.1. The highest BCUT2D eigenvalue weighted by molar-refractivity contribution is 4.66. The molecule has 0 heterocycles. The van der Waals surface area contributed by atoms with E-state index in [1.165, 1.54) is 25.7 Å². The first-order valence-electron chi connectivity index (χ1n) is 4.38. The summed E-state index contributed by atoms with van der Waals surface area (Å²) >= 11 is 0. The lowest BCUT2D eigenvalue weighted by Crippen LogP contribution is -1.96. The van der Waals surface area contributed by atoms with E-state index in [1.807, 2.05) is 0 Å². The maximum absolute atomic E-state index is 5.30. The zero-order valence-electron chi connectivity index (χ0n) is 7.27. The van der Waals surface area contributed by atoms with Crippen LogP contribution in [0.4, 0.5) is 0 Å². The Morgan fingerprint density at radius 2 is 2.00 bits per heavy atom. The van der Waals surface area contributed by atoms with E-state index in [4.69, 9.17) is 6.58 Å². The van der Waals surface area contributed by atoms with Crippen molar-refractivity contribution in [3.05, 3.63) is 12.7 Å². The van der Waals surface area contributed by atoms with E-state index in [-0.39, 0.29) is 0 Å². The smallest absolute Gasteiger partial charge is 0.0345 e. The molecule has 0 nitrogen and oxygen atoms in total. The van der Waals surface area contributed by atoms with Crippen LogP contribution in [0.5, 0.6) is 0 Å². The second-order valence-electron chi connectivity index (χ2n) is 2.88. The quantitative estimate of drug-likeness (QED) is 0.527. The average Bonchev–Trinajstić information content (AvgIpc) is 1.98. The molecule has 0 bridgehead atoms. The lowest BCUT2D eigenvalue weighted by atomic mass is 9.95. The summed E-state index contributed by atoms with van der Waals surface area (Å²) in [6.07, 6.45) is 8.12. The van der Waals surface area contributed by atoms with E-state index in [1.54, 1.807) is 6.08 Å². The summed E-state index contributed by atoms with van der Waals surface area (Å²) < 4.78 is 0. The summed E-state index contributed by atoms with van der Waals surface area (Å²) in [4.78, 5) is 0. The Morgan fingerprint density at radius 1 is 1.30 bits per heavy atom. The fourth-order valence-corrected chi connectivity index (χ4v) is 1.29. The van der Waals surface area contributed by atoms with E-state index in [0.717, 1.165) is 12.3 Å². The van der Waals surface area contributed by atoms with E-state index >= 15 is 0 Å². The SMILES string of the molecule is [CH]=CCCC(CC)CCC. The van der Waals surface area contributed by atoms with Crippen LogP contribution in [0.1, 0.15) is 46.0 Å². The van der Waals surface area contributed by atoms with Gasteiger partial charge in [-0.25, -0.2) is 0 Å². The van der Waals surface area contributed by atoms with Crippen LogP contribution in [-0.2, 0) is 0 Å². The predicted octanol–water partition coefficient (Wildman–Crippen LogP) is 3.58. The maximum Gasteiger partial charge on any atom is -0.0345 e. The molecule has 1 radical (unpaired) electrons. The van der Waals surface area contributed by atoms with E-state index in [2.05, 4.69) is 13.8 Å². The molecule has 0 heteroatoms. The van der Waals surface area contributed by atoms with Gasteiger partial charge in [-0.05, 0) is 18.8 Å². The minimum absolute atomic E-state index is 0.907. The van der Waals surface area contributed by atoms with Crippen LogP contribution >= 0.6 is 0 Å². The summed E-state index contributed by atoms with van der Waals surface area (Å²) in [5.41, 5.74) is 0. The Labute approximate surface area is 65.3 Å². The van der Waals surface area contributed by atoms with Gasteiger partial charge in [0, 0.05) is 0 Å². The first-order valence-corrected chi connectivity index (χ1v) is 4.38. The van der Waals surface area contributed by atoms with Crippen molar-refractivity contribution >= 4 is 0 Å². The fourth-order valence-electron chi connectivity index (χ4n) is 1.29. The van der Waals surface area contributed by atoms with Crippen LogP contribution in [0.25, 0.3) is 0 Å². The van der Waals surface area contributed by atoms with Crippen molar-refractivity contribution in [1.82, 2.24) is 0 Å². The summed E-state index contributed by atoms with van der Waals surface area (Å²) in [5, 5.41) is 0. The van der Waals surface area contributed by atoms with Gasteiger partial charge in [0.05, 0.1) is 0 Å². The van der Waals surface area contributed by atoms with Crippen LogP contribution in [0.2, 0.25) is 0 Å². The Kier molecular flexibility index (Phi) is 6.68. The van der Waals surface area contributed by atoms with E-state index in [0.29, 0.717) is 0 Å². The molecule has 0 aliphatic carbocycles. The van der Waals surface area contributed by atoms with Crippen LogP contribution in [0.3, 0.4) is 0 Å². The molecule has 0 spiro atoms. The third kappa shape index (κ3) is 4.60. The molecule has 1 unspecified atom stereocenters. The summed E-state index contributed by atoms with van der Waals surface area (Å²) in [6, 6.07) is 0. The molecule has 0 aromatic rings. The van der Waals surface area contributed by atoms with E-state index in [9.17, 15) is 0 Å². The van der Waals surface area contributed by atoms with Crippen molar-refractivity contribution in [1.29, 1.82) is 0 Å². The third-order valence-corrected chi connectivity index (χ3v) is 2.02. The minimum Gasteiger partial charge on any atom is -0.0845 e. The molecule has 0 aromatic carbocycles. The number of allylic oxidation sites excluding steroid dienone is 1. The molecule has 0 N–H and O–H groups in total. The van der Waals surface area contributed by atoms with Crippen LogP contribution in [0.15, 0.2) is 6.08 Å². The molecule has 1 atom stereocenters. The van der Waals surface area contributed by atoms with Gasteiger partial charge in [-0.3, -0.25) is 0 Å². The number of hydrogen-bond acceptors (Lipinski definition) is 0. The van der Waals surface area contributed by atoms with Gasteiger partial charge in [0.15, 0.2) is 0 Å². The van der Waals surface area contributed by atoms with Crippen LogP contribution in [-0.4, -0.2) is 0 Å². The van der Waals surface area contributed by atoms with Gasteiger partial charge >= 0.3 is 0 Å². The molecule has 10 heavy (non-hydrogen) atoms. The number of hydrogen-bond donors (Lipinski definition) is 0. The highest BCUT2D eigenvalue weighted by atomic mass is 14.1. The average molecular weight is 139 g/mol. The zero-order chi connectivity index (χ0) is 7.82. The first-order chi connectivity index (χ1) is 4.85.